The lowest BCUT2D eigenvalue weighted by Gasteiger charge is -2.30. The van der Waals surface area contributed by atoms with E-state index in [9.17, 15) is 26.3 Å². The molecule has 45 heavy (non-hydrogen) atoms. The van der Waals surface area contributed by atoms with Crippen LogP contribution < -0.4 is 21.9 Å². The fraction of sp³-hybridized carbons (Fsp3) is 0.500. The molecule has 0 unspecified atom stereocenters. The normalized spacial score (nSPS) is 13.7. The third-order valence-electron chi connectivity index (χ3n) is 7.26. The van der Waals surface area contributed by atoms with Gasteiger partial charge in [0.05, 0.1) is 23.2 Å². The molecule has 1 fully saturated rings. The van der Waals surface area contributed by atoms with Gasteiger partial charge in [0.1, 0.15) is 11.7 Å². The summed E-state index contributed by atoms with van der Waals surface area (Å²) in [7, 11) is 1.65. The minimum Gasteiger partial charge on any atom is -0.387 e. The fourth-order valence-corrected chi connectivity index (χ4v) is 5.43. The van der Waals surface area contributed by atoms with E-state index in [0.29, 0.717) is 12.5 Å². The highest BCUT2D eigenvalue weighted by Gasteiger charge is 2.37. The predicted octanol–water partition coefficient (Wildman–Crippen LogP) is 7.33. The number of halogens is 6. The van der Waals surface area contributed by atoms with Gasteiger partial charge in [-0.2, -0.15) is 26.3 Å². The van der Waals surface area contributed by atoms with Crippen LogP contribution in [-0.4, -0.2) is 42.4 Å². The van der Waals surface area contributed by atoms with E-state index in [4.69, 9.17) is 16.1 Å². The molecule has 0 aliphatic heterocycles. The number of hydrazine groups is 1. The second-order valence-electron chi connectivity index (χ2n) is 10.7. The molecule has 0 amide bonds. The van der Waals surface area contributed by atoms with E-state index in [0.717, 1.165) is 53.8 Å². The zero-order valence-corrected chi connectivity index (χ0v) is 26.3. The molecule has 250 valence electrons. The van der Waals surface area contributed by atoms with Crippen LogP contribution in [0.25, 0.3) is 10.9 Å². The van der Waals surface area contributed by atoms with E-state index in [1.54, 1.807) is 11.9 Å². The van der Waals surface area contributed by atoms with Crippen molar-refractivity contribution in [2.75, 3.05) is 31.6 Å². The molecular weight excluding hydrogens is 596 g/mol. The quantitative estimate of drug-likeness (QED) is 0.0607. The number of benzene rings is 2. The fourth-order valence-electron chi connectivity index (χ4n) is 5.43. The SMILES string of the molecule is CC.CCN(CC1CCCC1)c1nc2ccccc2cc1CN(CC(=N)N)Cc1cc(C(F)(F)F)cc(C(F)(F)F)c1.CNN. The molecule has 1 heterocycles. The molecule has 0 saturated heterocycles. The Labute approximate surface area is 261 Å². The van der Waals surface area contributed by atoms with Crippen LogP contribution in [0, 0.1) is 11.3 Å². The van der Waals surface area contributed by atoms with Crippen molar-refractivity contribution in [3.8, 4) is 0 Å². The maximum atomic E-state index is 13.5. The maximum Gasteiger partial charge on any atom is 0.416 e. The first kappa shape index (κ1) is 37.8. The van der Waals surface area contributed by atoms with E-state index >= 15 is 0 Å². The van der Waals surface area contributed by atoms with E-state index in [1.807, 2.05) is 51.1 Å². The zero-order chi connectivity index (χ0) is 33.8. The van der Waals surface area contributed by atoms with Crippen molar-refractivity contribution in [3.63, 3.8) is 0 Å². The van der Waals surface area contributed by atoms with Crippen molar-refractivity contribution in [1.82, 2.24) is 15.3 Å². The van der Waals surface area contributed by atoms with Gasteiger partial charge in [-0.15, -0.1) is 0 Å². The number of aromatic nitrogens is 1. The maximum absolute atomic E-state index is 13.5. The lowest BCUT2D eigenvalue weighted by molar-refractivity contribution is -0.143. The Kier molecular flexibility index (Phi) is 14.5. The number of anilines is 1. The van der Waals surface area contributed by atoms with E-state index in [-0.39, 0.29) is 37.1 Å². The molecular formula is C32H45F6N7. The number of alkyl halides is 6. The van der Waals surface area contributed by atoms with Crippen molar-refractivity contribution in [3.05, 3.63) is 70.8 Å². The summed E-state index contributed by atoms with van der Waals surface area (Å²) in [6.45, 7) is 7.25. The van der Waals surface area contributed by atoms with Gasteiger partial charge in [-0.05, 0) is 68.6 Å². The highest BCUT2D eigenvalue weighted by Crippen LogP contribution is 2.37. The third-order valence-corrected chi connectivity index (χ3v) is 7.26. The topological polar surface area (TPSA) is 107 Å². The molecule has 0 atom stereocenters. The summed E-state index contributed by atoms with van der Waals surface area (Å²) in [5.41, 5.74) is 6.57. The molecule has 1 saturated carbocycles. The van der Waals surface area contributed by atoms with Crippen LogP contribution in [-0.2, 0) is 25.4 Å². The van der Waals surface area contributed by atoms with Crippen LogP contribution in [0.5, 0.6) is 0 Å². The second kappa shape index (κ2) is 17.3. The van der Waals surface area contributed by atoms with Gasteiger partial charge in [0.25, 0.3) is 0 Å². The molecule has 2 aromatic carbocycles. The van der Waals surface area contributed by atoms with Crippen LogP contribution >= 0.6 is 0 Å². The van der Waals surface area contributed by atoms with Crippen LogP contribution in [0.2, 0.25) is 0 Å². The molecule has 7 nitrogen and oxygen atoms in total. The molecule has 1 aliphatic rings. The van der Waals surface area contributed by atoms with Crippen molar-refractivity contribution in [2.45, 2.75) is 71.9 Å². The number of para-hydroxylation sites is 1. The number of pyridine rings is 1. The number of nitrogens with zero attached hydrogens (tertiary/aromatic N) is 3. The van der Waals surface area contributed by atoms with Gasteiger partial charge in [-0.3, -0.25) is 21.6 Å². The highest BCUT2D eigenvalue weighted by atomic mass is 19.4. The lowest BCUT2D eigenvalue weighted by atomic mass is 10.0. The Bertz CT molecular complexity index is 1320. The van der Waals surface area contributed by atoms with Gasteiger partial charge in [0.15, 0.2) is 0 Å². The molecule has 1 aromatic heterocycles. The van der Waals surface area contributed by atoms with Gasteiger partial charge in [-0.1, -0.05) is 44.9 Å². The summed E-state index contributed by atoms with van der Waals surface area (Å²) in [6, 6.07) is 11.1. The van der Waals surface area contributed by atoms with Gasteiger partial charge >= 0.3 is 12.4 Å². The molecule has 0 bridgehead atoms. The van der Waals surface area contributed by atoms with Gasteiger partial charge < -0.3 is 10.6 Å². The summed E-state index contributed by atoms with van der Waals surface area (Å²) in [4.78, 5) is 8.71. The summed E-state index contributed by atoms with van der Waals surface area (Å²) < 4.78 is 80.9. The summed E-state index contributed by atoms with van der Waals surface area (Å²) in [5.74, 6) is 5.60. The highest BCUT2D eigenvalue weighted by molar-refractivity contribution is 5.82. The van der Waals surface area contributed by atoms with E-state index in [1.165, 1.54) is 12.8 Å². The summed E-state index contributed by atoms with van der Waals surface area (Å²) >= 11 is 0. The molecule has 3 aromatic rings. The average Bonchev–Trinajstić information content (AvgIpc) is 3.49. The monoisotopic (exact) mass is 641 g/mol. The number of fused-ring (bicyclic) bond motifs is 1. The number of nitrogens with one attached hydrogen (secondary N) is 2. The average molecular weight is 642 g/mol. The molecule has 0 spiro atoms. The first-order chi connectivity index (χ1) is 21.2. The smallest absolute Gasteiger partial charge is 0.387 e. The number of hydrogen-bond acceptors (Lipinski definition) is 6. The van der Waals surface area contributed by atoms with Crippen molar-refractivity contribution < 1.29 is 26.3 Å². The first-order valence-electron chi connectivity index (χ1n) is 15.1. The van der Waals surface area contributed by atoms with Crippen molar-refractivity contribution in [1.29, 1.82) is 5.41 Å². The largest absolute Gasteiger partial charge is 0.416 e. The minimum atomic E-state index is -4.95. The lowest BCUT2D eigenvalue weighted by Crippen LogP contribution is -2.35. The molecule has 0 radical (unpaired) electrons. The number of amidine groups is 1. The Hall–Kier alpha value is -3.42. The summed E-state index contributed by atoms with van der Waals surface area (Å²) in [6.07, 6.45) is -5.26. The second-order valence-corrected chi connectivity index (χ2v) is 10.7. The molecule has 4 rings (SSSR count). The van der Waals surface area contributed by atoms with Crippen LogP contribution in [0.4, 0.5) is 32.2 Å². The molecule has 6 N–H and O–H groups in total. The Morgan fingerprint density at radius 2 is 1.51 bits per heavy atom. The van der Waals surface area contributed by atoms with E-state index < -0.39 is 23.5 Å². The van der Waals surface area contributed by atoms with Crippen molar-refractivity contribution >= 4 is 22.6 Å². The van der Waals surface area contributed by atoms with Crippen LogP contribution in [0.3, 0.4) is 0 Å². The Balaban J connectivity index is 0.00000133. The number of nitrogens with two attached hydrogens (primary N) is 2. The Morgan fingerprint density at radius 1 is 0.956 bits per heavy atom. The zero-order valence-electron chi connectivity index (χ0n) is 26.3. The van der Waals surface area contributed by atoms with Crippen molar-refractivity contribution in [2.24, 2.45) is 17.5 Å². The first-order valence-corrected chi connectivity index (χ1v) is 15.1. The standard InChI is InChI=1S/C29H33F6N5.C2H6.CH6N2/c1-2-40(16-19-7-3-4-8-19)27-22(13-21-9-5-6-10-25(21)38-27)17-39(18-26(36)37)15-20-11-23(28(30,31)32)14-24(12-20)29(33,34)35;1-2;1-3-2/h5-6,9-14,19H,2-4,7-8,15-18H2,1H3,(H3,36,37);1-2H3;3H,2H2,1H3. The van der Waals surface area contributed by atoms with E-state index in [2.05, 4.69) is 16.2 Å². The Morgan fingerprint density at radius 3 is 2.02 bits per heavy atom. The summed E-state index contributed by atoms with van der Waals surface area (Å²) in [5, 5.41) is 8.70. The number of rotatable bonds is 10. The predicted molar refractivity (Wildman–Crippen MR) is 169 cm³/mol. The third kappa shape index (κ3) is 11.5. The van der Waals surface area contributed by atoms with Crippen LogP contribution in [0.15, 0.2) is 48.5 Å². The van der Waals surface area contributed by atoms with Gasteiger partial charge in [-0.25, -0.2) is 4.98 Å². The van der Waals surface area contributed by atoms with Crippen LogP contribution in [0.1, 0.15) is 68.7 Å². The minimum absolute atomic E-state index is 0.117. The number of hydrogen-bond donors (Lipinski definition) is 4. The van der Waals surface area contributed by atoms with Gasteiger partial charge in [0, 0.05) is 37.1 Å². The molecule has 13 heteroatoms. The molecule has 1 aliphatic carbocycles. The van der Waals surface area contributed by atoms with Gasteiger partial charge in [0.2, 0.25) is 0 Å².